The van der Waals surface area contributed by atoms with E-state index in [1.165, 1.54) is 0 Å². The molecule has 0 bridgehead atoms. The van der Waals surface area contributed by atoms with E-state index < -0.39 is 6.09 Å². The van der Waals surface area contributed by atoms with Crippen molar-refractivity contribution in [1.29, 1.82) is 0 Å². The van der Waals surface area contributed by atoms with E-state index in [9.17, 15) is 4.79 Å². The van der Waals surface area contributed by atoms with Gasteiger partial charge in [-0.1, -0.05) is 30.3 Å². The van der Waals surface area contributed by atoms with Crippen LogP contribution in [-0.2, 0) is 11.3 Å². The van der Waals surface area contributed by atoms with Gasteiger partial charge >= 0.3 is 6.09 Å². The van der Waals surface area contributed by atoms with Crippen molar-refractivity contribution in [2.75, 3.05) is 6.54 Å². The first-order valence-corrected chi connectivity index (χ1v) is 7.28. The second-order valence-electron chi connectivity index (χ2n) is 5.51. The van der Waals surface area contributed by atoms with Crippen LogP contribution in [0, 0.1) is 6.92 Å². The van der Waals surface area contributed by atoms with Gasteiger partial charge in [-0.15, -0.1) is 0 Å². The van der Waals surface area contributed by atoms with Crippen molar-refractivity contribution in [3.05, 3.63) is 53.7 Å². The largest absolute Gasteiger partial charge is 0.445 e. The Balaban J connectivity index is 1.67. The fourth-order valence-corrected chi connectivity index (χ4v) is 2.63. The number of ether oxygens (including phenoxy) is 1. The van der Waals surface area contributed by atoms with Gasteiger partial charge in [0.25, 0.3) is 0 Å². The normalized spacial score (nSPS) is 21.1. The highest BCUT2D eigenvalue weighted by Crippen LogP contribution is 2.31. The van der Waals surface area contributed by atoms with Crippen LogP contribution in [0.5, 0.6) is 0 Å². The average molecular weight is 301 g/mol. The summed E-state index contributed by atoms with van der Waals surface area (Å²) >= 11 is 0. The highest BCUT2D eigenvalue weighted by molar-refractivity contribution is 5.68. The van der Waals surface area contributed by atoms with Crippen LogP contribution in [0.25, 0.3) is 0 Å². The average Bonchev–Trinajstić information content (AvgIpc) is 3.11. The molecule has 1 saturated heterocycles. The van der Waals surface area contributed by atoms with E-state index in [0.29, 0.717) is 24.6 Å². The molecule has 22 heavy (non-hydrogen) atoms. The van der Waals surface area contributed by atoms with Crippen molar-refractivity contribution in [3.63, 3.8) is 0 Å². The van der Waals surface area contributed by atoms with Crippen molar-refractivity contribution in [1.82, 2.24) is 9.88 Å². The second-order valence-corrected chi connectivity index (χ2v) is 5.51. The summed E-state index contributed by atoms with van der Waals surface area (Å²) in [6, 6.07) is 9.22. The molecule has 0 radical (unpaired) electrons. The Morgan fingerprint density at radius 2 is 2.23 bits per heavy atom. The number of nitrogens with zero attached hydrogens (tertiary/aromatic N) is 2. The van der Waals surface area contributed by atoms with Crippen LogP contribution in [0.2, 0.25) is 0 Å². The molecule has 1 fully saturated rings. The number of nitrogens with two attached hydrogens (primary N) is 1. The van der Waals surface area contributed by atoms with Crippen molar-refractivity contribution < 1.29 is 13.9 Å². The van der Waals surface area contributed by atoms with Crippen LogP contribution in [0.4, 0.5) is 4.79 Å². The van der Waals surface area contributed by atoms with Gasteiger partial charge in [0.05, 0.1) is 6.20 Å². The summed E-state index contributed by atoms with van der Waals surface area (Å²) in [4.78, 5) is 18.1. The third-order valence-corrected chi connectivity index (χ3v) is 3.70. The van der Waals surface area contributed by atoms with Gasteiger partial charge < -0.3 is 14.9 Å². The highest BCUT2D eigenvalue weighted by atomic mass is 16.6. The van der Waals surface area contributed by atoms with Crippen LogP contribution < -0.4 is 5.73 Å². The van der Waals surface area contributed by atoms with E-state index in [2.05, 4.69) is 4.98 Å². The molecule has 1 amide bonds. The Bertz CT molecular complexity index is 641. The van der Waals surface area contributed by atoms with Crippen molar-refractivity contribution in [2.45, 2.75) is 32.0 Å². The molecule has 1 aliphatic rings. The van der Waals surface area contributed by atoms with E-state index in [1.807, 2.05) is 37.3 Å². The number of benzene rings is 1. The summed E-state index contributed by atoms with van der Waals surface area (Å²) < 4.78 is 10.9. The van der Waals surface area contributed by atoms with Gasteiger partial charge in [0.15, 0.2) is 0 Å². The molecule has 0 saturated carbocycles. The Kier molecular flexibility index (Phi) is 4.11. The van der Waals surface area contributed by atoms with E-state index in [1.54, 1.807) is 11.1 Å². The zero-order chi connectivity index (χ0) is 15.5. The molecule has 0 spiro atoms. The van der Waals surface area contributed by atoms with Crippen molar-refractivity contribution >= 4 is 6.09 Å². The molecule has 1 aromatic carbocycles. The van der Waals surface area contributed by atoms with Crippen LogP contribution >= 0.6 is 0 Å². The van der Waals surface area contributed by atoms with Gasteiger partial charge in [0.1, 0.15) is 18.4 Å². The number of oxazole rings is 1. The first kappa shape index (κ1) is 14.6. The molecule has 6 nitrogen and oxygen atoms in total. The van der Waals surface area contributed by atoms with E-state index in [-0.39, 0.29) is 18.7 Å². The van der Waals surface area contributed by atoms with E-state index in [0.717, 1.165) is 5.56 Å². The SMILES string of the molecule is Cc1cnc([C@@H]2C[C@H](N)CN2C(=O)OCc2ccccc2)o1. The number of carbonyl (C=O) groups excluding carboxylic acids is 1. The molecule has 2 N–H and O–H groups in total. The molecule has 2 atom stereocenters. The lowest BCUT2D eigenvalue weighted by Gasteiger charge is -2.21. The van der Waals surface area contributed by atoms with Crippen LogP contribution in [0.1, 0.15) is 29.7 Å². The van der Waals surface area contributed by atoms with Gasteiger partial charge in [-0.3, -0.25) is 4.90 Å². The van der Waals surface area contributed by atoms with E-state index in [4.69, 9.17) is 14.9 Å². The van der Waals surface area contributed by atoms with Gasteiger partial charge in [-0.25, -0.2) is 9.78 Å². The quantitative estimate of drug-likeness (QED) is 0.941. The summed E-state index contributed by atoms with van der Waals surface area (Å²) in [5.41, 5.74) is 6.93. The third-order valence-electron chi connectivity index (χ3n) is 3.70. The lowest BCUT2D eigenvalue weighted by atomic mass is 10.2. The van der Waals surface area contributed by atoms with Crippen molar-refractivity contribution in [3.8, 4) is 0 Å². The lowest BCUT2D eigenvalue weighted by molar-refractivity contribution is 0.0874. The third kappa shape index (κ3) is 3.12. The fourth-order valence-electron chi connectivity index (χ4n) is 2.63. The number of amides is 1. The van der Waals surface area contributed by atoms with E-state index >= 15 is 0 Å². The maximum absolute atomic E-state index is 12.3. The lowest BCUT2D eigenvalue weighted by Crippen LogP contribution is -2.33. The predicted octanol–water partition coefficient (Wildman–Crippen LogP) is 2.39. The van der Waals surface area contributed by atoms with Gasteiger partial charge in [0.2, 0.25) is 5.89 Å². The Morgan fingerprint density at radius 3 is 2.91 bits per heavy atom. The van der Waals surface area contributed by atoms with Gasteiger partial charge in [0, 0.05) is 12.6 Å². The molecule has 6 heteroatoms. The number of hydrogen-bond donors (Lipinski definition) is 1. The first-order chi connectivity index (χ1) is 10.6. The topological polar surface area (TPSA) is 81.6 Å². The predicted molar refractivity (Wildman–Crippen MR) is 79.9 cm³/mol. The number of aromatic nitrogens is 1. The number of rotatable bonds is 3. The van der Waals surface area contributed by atoms with Crippen LogP contribution in [-0.4, -0.2) is 28.6 Å². The zero-order valence-electron chi connectivity index (χ0n) is 12.4. The van der Waals surface area contributed by atoms with Gasteiger partial charge in [-0.2, -0.15) is 0 Å². The Hall–Kier alpha value is -2.34. The molecule has 3 rings (SSSR count). The molecular formula is C16H19N3O3. The molecular weight excluding hydrogens is 282 g/mol. The maximum atomic E-state index is 12.3. The smallest absolute Gasteiger partial charge is 0.410 e. The van der Waals surface area contributed by atoms with Gasteiger partial charge in [-0.05, 0) is 18.9 Å². The van der Waals surface area contributed by atoms with Crippen LogP contribution in [0.15, 0.2) is 40.9 Å². The number of carbonyl (C=O) groups is 1. The molecule has 2 aromatic rings. The summed E-state index contributed by atoms with van der Waals surface area (Å²) in [7, 11) is 0. The zero-order valence-corrected chi connectivity index (χ0v) is 12.4. The number of aryl methyl sites for hydroxylation is 1. The Labute approximate surface area is 128 Å². The number of likely N-dealkylation sites (tertiary alicyclic amines) is 1. The maximum Gasteiger partial charge on any atom is 0.410 e. The minimum atomic E-state index is -0.391. The second kappa shape index (κ2) is 6.19. The summed E-state index contributed by atoms with van der Waals surface area (Å²) in [5.74, 6) is 1.23. The molecule has 0 unspecified atom stereocenters. The van der Waals surface area contributed by atoms with Crippen LogP contribution in [0.3, 0.4) is 0 Å². The molecule has 0 aliphatic carbocycles. The number of hydrogen-bond acceptors (Lipinski definition) is 5. The summed E-state index contributed by atoms with van der Waals surface area (Å²) in [5, 5.41) is 0. The minimum absolute atomic E-state index is 0.0959. The molecule has 2 heterocycles. The first-order valence-electron chi connectivity index (χ1n) is 7.28. The summed E-state index contributed by atoms with van der Waals surface area (Å²) in [6.07, 6.45) is 1.88. The fraction of sp³-hybridized carbons (Fsp3) is 0.375. The van der Waals surface area contributed by atoms with Crippen molar-refractivity contribution in [2.24, 2.45) is 5.73 Å². The Morgan fingerprint density at radius 1 is 1.45 bits per heavy atom. The monoisotopic (exact) mass is 301 g/mol. The standard InChI is InChI=1S/C16H19N3O3/c1-11-8-18-15(22-11)14-7-13(17)9-19(14)16(20)21-10-12-5-3-2-4-6-12/h2-6,8,13-14H,7,9-10,17H2,1H3/t13-,14-/m0/s1. The highest BCUT2D eigenvalue weighted by Gasteiger charge is 2.38. The minimum Gasteiger partial charge on any atom is -0.445 e. The molecule has 116 valence electrons. The molecule has 1 aromatic heterocycles. The summed E-state index contributed by atoms with van der Waals surface area (Å²) in [6.45, 7) is 2.51. The molecule has 1 aliphatic heterocycles.